The summed E-state index contributed by atoms with van der Waals surface area (Å²) in [4.78, 5) is 28.6. The number of hydrogen-bond acceptors (Lipinski definition) is 5. The van der Waals surface area contributed by atoms with Crippen molar-refractivity contribution in [3.8, 4) is 5.75 Å². The van der Waals surface area contributed by atoms with E-state index in [-0.39, 0.29) is 25.4 Å². The number of ether oxygens (including phenoxy) is 1. The van der Waals surface area contributed by atoms with Crippen LogP contribution in [0.15, 0.2) is 78.9 Å². The lowest BCUT2D eigenvalue weighted by atomic mass is 10.0. The molecular weight excluding hydrogens is 526 g/mol. The average Bonchev–Trinajstić information content (AvgIpc) is 2.90. The van der Waals surface area contributed by atoms with E-state index in [1.807, 2.05) is 54.6 Å². The van der Waals surface area contributed by atoms with Gasteiger partial charge in [0.05, 0.1) is 19.9 Å². The van der Waals surface area contributed by atoms with Gasteiger partial charge in [0.15, 0.2) is 0 Å². The van der Waals surface area contributed by atoms with Gasteiger partial charge in [-0.05, 0) is 41.0 Å². The molecular formula is C28H32ClN3O5S. The van der Waals surface area contributed by atoms with Gasteiger partial charge in [-0.3, -0.25) is 9.59 Å². The molecule has 0 heterocycles. The van der Waals surface area contributed by atoms with Gasteiger partial charge in [0.1, 0.15) is 11.8 Å². The lowest BCUT2D eigenvalue weighted by molar-refractivity contribution is -0.141. The Hall–Kier alpha value is -3.40. The molecule has 0 radical (unpaired) electrons. The minimum Gasteiger partial charge on any atom is -0.497 e. The monoisotopic (exact) mass is 557 g/mol. The number of carbonyl (C=O) groups is 2. The fourth-order valence-electron chi connectivity index (χ4n) is 3.79. The first kappa shape index (κ1) is 29.2. The largest absolute Gasteiger partial charge is 0.497 e. The maximum Gasteiger partial charge on any atom is 0.243 e. The van der Waals surface area contributed by atoms with Gasteiger partial charge in [-0.2, -0.15) is 4.31 Å². The van der Waals surface area contributed by atoms with E-state index in [4.69, 9.17) is 16.3 Å². The zero-order valence-corrected chi connectivity index (χ0v) is 23.2. The van der Waals surface area contributed by atoms with Gasteiger partial charge in [-0.15, -0.1) is 0 Å². The maximum atomic E-state index is 13.6. The number of nitrogens with one attached hydrogen (secondary N) is 1. The molecule has 1 atom stereocenters. The van der Waals surface area contributed by atoms with Crippen molar-refractivity contribution in [1.29, 1.82) is 0 Å². The van der Waals surface area contributed by atoms with Gasteiger partial charge >= 0.3 is 0 Å². The number of carbonyl (C=O) groups excluding carboxylic acids is 2. The summed E-state index contributed by atoms with van der Waals surface area (Å²) < 4.78 is 30.3. The SMILES string of the molecule is COc1ccc(CN(C(=O)CN(C)S(C)(=O)=O)C(Cc2ccccc2)C(=O)NCc2ccc(Cl)cc2)cc1. The van der Waals surface area contributed by atoms with Crippen molar-refractivity contribution in [3.05, 3.63) is 101 Å². The van der Waals surface area contributed by atoms with Crippen molar-refractivity contribution < 1.29 is 22.7 Å². The summed E-state index contributed by atoms with van der Waals surface area (Å²) >= 11 is 5.97. The minimum absolute atomic E-state index is 0.103. The third kappa shape index (κ3) is 8.58. The minimum atomic E-state index is -3.61. The highest BCUT2D eigenvalue weighted by molar-refractivity contribution is 7.88. The lowest BCUT2D eigenvalue weighted by Gasteiger charge is -2.32. The molecule has 3 aromatic rings. The molecule has 0 fully saturated rings. The molecule has 0 aliphatic rings. The van der Waals surface area contributed by atoms with Crippen LogP contribution >= 0.6 is 11.6 Å². The van der Waals surface area contributed by atoms with Crippen molar-refractivity contribution in [2.45, 2.75) is 25.6 Å². The Bertz CT molecular complexity index is 1320. The van der Waals surface area contributed by atoms with Gasteiger partial charge in [-0.25, -0.2) is 8.42 Å². The van der Waals surface area contributed by atoms with E-state index < -0.39 is 28.5 Å². The standard InChI is InChI=1S/C28H32ClN3O5S/c1-31(38(3,35)36)20-27(33)32(19-23-11-15-25(37-2)16-12-23)26(17-21-7-5-4-6-8-21)28(34)30-18-22-9-13-24(29)14-10-22/h4-16,26H,17-20H2,1-3H3,(H,30,34). The topological polar surface area (TPSA) is 96.0 Å². The number of amides is 2. The summed E-state index contributed by atoms with van der Waals surface area (Å²) in [5.41, 5.74) is 2.49. The van der Waals surface area contributed by atoms with Crippen LogP contribution in [0.1, 0.15) is 16.7 Å². The zero-order valence-electron chi connectivity index (χ0n) is 21.6. The third-order valence-corrected chi connectivity index (χ3v) is 7.60. The van der Waals surface area contributed by atoms with Gasteiger partial charge in [0.25, 0.3) is 0 Å². The van der Waals surface area contributed by atoms with Crippen LogP contribution in [0.25, 0.3) is 0 Å². The molecule has 2 amide bonds. The highest BCUT2D eigenvalue weighted by atomic mass is 35.5. The summed E-state index contributed by atoms with van der Waals surface area (Å²) in [6, 6.07) is 22.8. The molecule has 10 heteroatoms. The molecule has 8 nitrogen and oxygen atoms in total. The van der Waals surface area contributed by atoms with Crippen molar-refractivity contribution >= 4 is 33.4 Å². The Morgan fingerprint density at radius 2 is 1.53 bits per heavy atom. The Labute approximate surface area is 229 Å². The predicted octanol–water partition coefficient (Wildman–Crippen LogP) is 3.50. The summed E-state index contributed by atoms with van der Waals surface area (Å²) in [6.45, 7) is -0.0495. The molecule has 3 rings (SSSR count). The fourth-order valence-corrected chi connectivity index (χ4v) is 4.26. The number of hydrogen-bond donors (Lipinski definition) is 1. The number of rotatable bonds is 12. The van der Waals surface area contributed by atoms with Crippen LogP contribution in [-0.4, -0.2) is 62.4 Å². The molecule has 38 heavy (non-hydrogen) atoms. The summed E-state index contributed by atoms with van der Waals surface area (Å²) in [6.07, 6.45) is 1.28. The van der Waals surface area contributed by atoms with Crippen LogP contribution in [0.4, 0.5) is 0 Å². The Morgan fingerprint density at radius 3 is 2.11 bits per heavy atom. The van der Waals surface area contributed by atoms with Crippen molar-refractivity contribution in [3.63, 3.8) is 0 Å². The van der Waals surface area contributed by atoms with Crippen LogP contribution in [0.5, 0.6) is 5.75 Å². The summed E-state index contributed by atoms with van der Waals surface area (Å²) in [5, 5.41) is 3.52. The van der Waals surface area contributed by atoms with Crippen LogP contribution < -0.4 is 10.1 Å². The number of methoxy groups -OCH3 is 1. The van der Waals surface area contributed by atoms with E-state index in [9.17, 15) is 18.0 Å². The number of likely N-dealkylation sites (N-methyl/N-ethyl adjacent to an activating group) is 1. The van der Waals surface area contributed by atoms with E-state index in [1.54, 1.807) is 31.4 Å². The van der Waals surface area contributed by atoms with Crippen LogP contribution in [0.3, 0.4) is 0 Å². The second kappa shape index (κ2) is 13.4. The molecule has 0 saturated carbocycles. The highest BCUT2D eigenvalue weighted by Crippen LogP contribution is 2.18. The molecule has 3 aromatic carbocycles. The average molecular weight is 558 g/mol. The van der Waals surface area contributed by atoms with E-state index in [1.165, 1.54) is 11.9 Å². The fraction of sp³-hybridized carbons (Fsp3) is 0.286. The molecule has 1 unspecified atom stereocenters. The second-order valence-corrected chi connectivity index (χ2v) is 11.5. The van der Waals surface area contributed by atoms with Crippen molar-refractivity contribution in [2.75, 3.05) is 27.0 Å². The number of benzene rings is 3. The summed E-state index contributed by atoms with van der Waals surface area (Å²) in [7, 11) is -0.709. The van der Waals surface area contributed by atoms with Gasteiger partial charge in [0.2, 0.25) is 21.8 Å². The quantitative estimate of drug-likeness (QED) is 0.368. The smallest absolute Gasteiger partial charge is 0.243 e. The van der Waals surface area contributed by atoms with Crippen molar-refractivity contribution in [1.82, 2.24) is 14.5 Å². The van der Waals surface area contributed by atoms with Gasteiger partial charge < -0.3 is 15.0 Å². The first-order chi connectivity index (χ1) is 18.1. The lowest BCUT2D eigenvalue weighted by Crippen LogP contribution is -2.52. The number of nitrogens with zero attached hydrogens (tertiary/aromatic N) is 2. The third-order valence-electron chi connectivity index (χ3n) is 6.09. The normalized spacial score (nSPS) is 12.1. The van der Waals surface area contributed by atoms with Crippen LogP contribution in [0.2, 0.25) is 5.02 Å². The molecule has 0 aliphatic heterocycles. The van der Waals surface area contributed by atoms with E-state index in [0.717, 1.165) is 27.3 Å². The Kier molecular flexibility index (Phi) is 10.3. The number of sulfonamides is 1. The number of halogens is 1. The Morgan fingerprint density at radius 1 is 0.921 bits per heavy atom. The highest BCUT2D eigenvalue weighted by Gasteiger charge is 2.31. The van der Waals surface area contributed by atoms with Gasteiger partial charge in [-0.1, -0.05) is 66.2 Å². The van der Waals surface area contributed by atoms with Crippen LogP contribution in [-0.2, 0) is 39.1 Å². The maximum absolute atomic E-state index is 13.6. The van der Waals surface area contributed by atoms with E-state index in [0.29, 0.717) is 10.8 Å². The molecule has 0 aliphatic carbocycles. The first-order valence-corrected chi connectivity index (χ1v) is 14.2. The molecule has 1 N–H and O–H groups in total. The molecule has 202 valence electrons. The predicted molar refractivity (Wildman–Crippen MR) is 148 cm³/mol. The molecule has 0 aromatic heterocycles. The van der Waals surface area contributed by atoms with Crippen LogP contribution in [0, 0.1) is 0 Å². The molecule has 0 spiro atoms. The molecule has 0 bridgehead atoms. The Balaban J connectivity index is 1.94. The van der Waals surface area contributed by atoms with Crippen molar-refractivity contribution in [2.24, 2.45) is 0 Å². The second-order valence-electron chi connectivity index (χ2n) is 8.94. The van der Waals surface area contributed by atoms with E-state index >= 15 is 0 Å². The summed E-state index contributed by atoms with van der Waals surface area (Å²) in [5.74, 6) is -0.186. The van der Waals surface area contributed by atoms with E-state index in [2.05, 4.69) is 5.32 Å². The van der Waals surface area contributed by atoms with Gasteiger partial charge in [0, 0.05) is 31.6 Å². The molecule has 0 saturated heterocycles. The first-order valence-electron chi connectivity index (χ1n) is 12.0. The zero-order chi connectivity index (χ0) is 27.7.